The van der Waals surface area contributed by atoms with E-state index < -0.39 is 22.0 Å². The highest BCUT2D eigenvalue weighted by Gasteiger charge is 2.32. The molecule has 8 nitrogen and oxygen atoms in total. The van der Waals surface area contributed by atoms with Gasteiger partial charge in [0.25, 0.3) is 5.91 Å². The Bertz CT molecular complexity index is 1110. The van der Waals surface area contributed by atoms with Gasteiger partial charge in [-0.2, -0.15) is 16.1 Å². The summed E-state index contributed by atoms with van der Waals surface area (Å²) in [5, 5.41) is 9.13. The Labute approximate surface area is 191 Å². The summed E-state index contributed by atoms with van der Waals surface area (Å²) in [5.41, 5.74) is 2.62. The van der Waals surface area contributed by atoms with Gasteiger partial charge < -0.3 is 4.74 Å². The van der Waals surface area contributed by atoms with Gasteiger partial charge in [0.2, 0.25) is 10.0 Å². The number of pyridine rings is 1. The first-order valence-corrected chi connectivity index (χ1v) is 12.2. The largest absolute Gasteiger partial charge is 0.457 e. The van der Waals surface area contributed by atoms with Crippen molar-refractivity contribution in [3.8, 4) is 11.5 Å². The first-order valence-electron chi connectivity index (χ1n) is 9.63. The van der Waals surface area contributed by atoms with Crippen molar-refractivity contribution < 1.29 is 23.2 Å². The van der Waals surface area contributed by atoms with Gasteiger partial charge in [0.05, 0.1) is 4.90 Å². The third-order valence-electron chi connectivity index (χ3n) is 4.63. The van der Waals surface area contributed by atoms with Crippen LogP contribution in [-0.4, -0.2) is 47.7 Å². The minimum Gasteiger partial charge on any atom is -0.457 e. The van der Waals surface area contributed by atoms with Crippen molar-refractivity contribution in [1.29, 1.82) is 0 Å². The van der Waals surface area contributed by atoms with E-state index in [1.165, 1.54) is 43.1 Å². The molecule has 1 unspecified atom stereocenters. The maximum Gasteiger partial charge on any atom is 0.262 e. The Kier molecular flexibility index (Phi) is 8.23. The number of sulfonamides is 1. The minimum atomic E-state index is -4.00. The summed E-state index contributed by atoms with van der Waals surface area (Å²) in [6.45, 7) is 0. The first kappa shape index (κ1) is 23.7. The Morgan fingerprint density at radius 2 is 1.69 bits per heavy atom. The number of hydroxylamine groups is 1. The number of nitrogens with zero attached hydrogens (tertiary/aromatic N) is 2. The molecule has 1 heterocycles. The summed E-state index contributed by atoms with van der Waals surface area (Å²) in [4.78, 5) is 16.1. The van der Waals surface area contributed by atoms with Crippen LogP contribution in [0.3, 0.4) is 0 Å². The highest BCUT2D eigenvalue weighted by molar-refractivity contribution is 7.98. The second-order valence-corrected chi connectivity index (χ2v) is 9.80. The summed E-state index contributed by atoms with van der Waals surface area (Å²) >= 11 is 1.40. The zero-order valence-electron chi connectivity index (χ0n) is 17.3. The van der Waals surface area contributed by atoms with Crippen LogP contribution in [0.1, 0.15) is 5.56 Å². The van der Waals surface area contributed by atoms with Gasteiger partial charge in [-0.1, -0.05) is 30.3 Å². The van der Waals surface area contributed by atoms with Gasteiger partial charge in [-0.3, -0.25) is 15.0 Å². The molecule has 0 saturated heterocycles. The number of hydrogen-bond donors (Lipinski definition) is 2. The lowest BCUT2D eigenvalue weighted by Gasteiger charge is -2.25. The third kappa shape index (κ3) is 6.07. The molecule has 2 aromatic carbocycles. The smallest absolute Gasteiger partial charge is 0.262 e. The SMILES string of the molecule is CN(C(CSCc1ccccc1)C(=O)NO)S(=O)(=O)c1ccc(Oc2ccncc2)cc1. The zero-order chi connectivity index (χ0) is 23.0. The average molecular weight is 474 g/mol. The number of likely N-dealkylation sites (N-methyl/N-ethyl adjacent to an activating group) is 1. The quantitative estimate of drug-likeness (QED) is 0.343. The monoisotopic (exact) mass is 473 g/mol. The van der Waals surface area contributed by atoms with Gasteiger partial charge in [0.1, 0.15) is 17.5 Å². The standard InChI is InChI=1S/C22H23N3O5S2/c1-25(21(22(26)24-27)16-31-15-17-5-3-2-4-6-17)32(28,29)20-9-7-18(8-10-20)30-19-11-13-23-14-12-19/h2-14,21,27H,15-16H2,1H3,(H,24,26). The van der Waals surface area contributed by atoms with Crippen molar-refractivity contribution in [2.45, 2.75) is 16.7 Å². The number of nitrogens with one attached hydrogen (secondary N) is 1. The molecule has 0 aliphatic rings. The van der Waals surface area contributed by atoms with E-state index in [0.29, 0.717) is 17.3 Å². The van der Waals surface area contributed by atoms with E-state index in [1.54, 1.807) is 30.0 Å². The Balaban J connectivity index is 1.71. The second-order valence-electron chi connectivity index (χ2n) is 6.77. The maximum absolute atomic E-state index is 13.1. The number of aromatic nitrogens is 1. The number of benzene rings is 2. The van der Waals surface area contributed by atoms with E-state index in [9.17, 15) is 13.2 Å². The Morgan fingerprint density at radius 1 is 1.06 bits per heavy atom. The number of carbonyl (C=O) groups excluding carboxylic acids is 1. The summed E-state index contributed by atoms with van der Waals surface area (Å²) < 4.78 is 32.8. The van der Waals surface area contributed by atoms with Crippen molar-refractivity contribution in [3.05, 3.63) is 84.7 Å². The normalized spacial score (nSPS) is 12.3. The molecule has 1 aromatic heterocycles. The third-order valence-corrected chi connectivity index (χ3v) is 7.59. The van der Waals surface area contributed by atoms with Crippen LogP contribution in [-0.2, 0) is 20.6 Å². The number of amides is 1. The van der Waals surface area contributed by atoms with Crippen LogP contribution in [0.25, 0.3) is 0 Å². The van der Waals surface area contributed by atoms with Gasteiger partial charge in [-0.25, -0.2) is 13.9 Å². The Morgan fingerprint density at radius 3 is 2.31 bits per heavy atom. The molecule has 32 heavy (non-hydrogen) atoms. The van der Waals surface area contributed by atoms with E-state index in [0.717, 1.165) is 9.87 Å². The maximum atomic E-state index is 13.1. The van der Waals surface area contributed by atoms with Gasteiger partial charge in [0, 0.05) is 30.9 Å². The van der Waals surface area contributed by atoms with Gasteiger partial charge in [0.15, 0.2) is 0 Å². The lowest BCUT2D eigenvalue weighted by molar-refractivity contribution is -0.132. The lowest BCUT2D eigenvalue weighted by atomic mass is 10.2. The summed E-state index contributed by atoms with van der Waals surface area (Å²) in [5.74, 6) is 1.00. The first-order chi connectivity index (χ1) is 15.4. The number of thioether (sulfide) groups is 1. The molecular formula is C22H23N3O5S2. The van der Waals surface area contributed by atoms with E-state index in [2.05, 4.69) is 4.98 Å². The van der Waals surface area contributed by atoms with Gasteiger partial charge in [-0.05, 0) is 42.0 Å². The number of rotatable bonds is 10. The van der Waals surface area contributed by atoms with Crippen LogP contribution < -0.4 is 10.2 Å². The molecule has 3 rings (SSSR count). The highest BCUT2D eigenvalue weighted by atomic mass is 32.2. The molecule has 10 heteroatoms. The van der Waals surface area contributed by atoms with E-state index in [1.807, 2.05) is 30.3 Å². The minimum absolute atomic E-state index is 0.00544. The molecule has 0 aliphatic heterocycles. The van der Waals surface area contributed by atoms with E-state index >= 15 is 0 Å². The molecule has 0 spiro atoms. The predicted molar refractivity (Wildman–Crippen MR) is 122 cm³/mol. The van der Waals surface area contributed by atoms with Crippen molar-refractivity contribution in [3.63, 3.8) is 0 Å². The lowest BCUT2D eigenvalue weighted by Crippen LogP contribution is -2.48. The Hall–Kier alpha value is -2.92. The number of carbonyl (C=O) groups is 1. The van der Waals surface area contributed by atoms with Crippen LogP contribution in [0.5, 0.6) is 11.5 Å². The topological polar surface area (TPSA) is 109 Å². The van der Waals surface area contributed by atoms with Crippen LogP contribution in [0.4, 0.5) is 0 Å². The molecule has 168 valence electrons. The molecule has 0 aliphatic carbocycles. The molecule has 2 N–H and O–H groups in total. The van der Waals surface area contributed by atoms with Crippen LogP contribution >= 0.6 is 11.8 Å². The fraction of sp³-hybridized carbons (Fsp3) is 0.182. The summed E-state index contributed by atoms with van der Waals surface area (Å²) in [6.07, 6.45) is 3.18. The molecule has 0 fully saturated rings. The molecule has 0 radical (unpaired) electrons. The van der Waals surface area contributed by atoms with Gasteiger partial charge >= 0.3 is 0 Å². The van der Waals surface area contributed by atoms with Gasteiger partial charge in [-0.15, -0.1) is 0 Å². The molecule has 1 amide bonds. The van der Waals surface area contributed by atoms with E-state index in [4.69, 9.17) is 9.94 Å². The summed E-state index contributed by atoms with van der Waals surface area (Å²) in [6, 6.07) is 17.8. The van der Waals surface area contributed by atoms with Crippen molar-refractivity contribution in [2.24, 2.45) is 0 Å². The molecule has 3 aromatic rings. The second kappa shape index (κ2) is 11.1. The zero-order valence-corrected chi connectivity index (χ0v) is 18.9. The van der Waals surface area contributed by atoms with Crippen LogP contribution in [0, 0.1) is 0 Å². The highest BCUT2D eigenvalue weighted by Crippen LogP contribution is 2.25. The summed E-state index contributed by atoms with van der Waals surface area (Å²) in [7, 11) is -2.68. The number of hydrogen-bond acceptors (Lipinski definition) is 7. The number of ether oxygens (including phenoxy) is 1. The molecule has 0 bridgehead atoms. The van der Waals surface area contributed by atoms with Crippen molar-refractivity contribution in [1.82, 2.24) is 14.8 Å². The predicted octanol–water partition coefficient (Wildman–Crippen LogP) is 3.30. The van der Waals surface area contributed by atoms with Crippen LogP contribution in [0.15, 0.2) is 84.0 Å². The fourth-order valence-electron chi connectivity index (χ4n) is 2.84. The molecule has 0 saturated carbocycles. The molecular weight excluding hydrogens is 450 g/mol. The fourth-order valence-corrected chi connectivity index (χ4v) is 5.40. The van der Waals surface area contributed by atoms with Crippen LogP contribution in [0.2, 0.25) is 0 Å². The van der Waals surface area contributed by atoms with Crippen molar-refractivity contribution in [2.75, 3.05) is 12.8 Å². The van der Waals surface area contributed by atoms with Crippen molar-refractivity contribution >= 4 is 27.7 Å². The molecule has 1 atom stereocenters. The van der Waals surface area contributed by atoms with E-state index in [-0.39, 0.29) is 10.6 Å². The average Bonchev–Trinajstić information content (AvgIpc) is 2.82.